The lowest BCUT2D eigenvalue weighted by Crippen LogP contribution is -2.30. The smallest absolute Gasteiger partial charge is 0.306 e. The SMILES string of the molecule is CC/C=C\C/C=C\C/C=C\C/C=C\CCCCCCCCCCCCCCCCCCC(=O)OCC(COC(=O)CCCCCCCCCCC)OC(=O)CCCCCCCCCC/C=C\C/C=C\C/C=C\CCCCCCC. The monoisotopic (exact) mass is 1100 g/mol. The summed E-state index contributed by atoms with van der Waals surface area (Å²) < 4.78 is 16.9. The normalized spacial score (nSPS) is 12.6. The highest BCUT2D eigenvalue weighted by Crippen LogP contribution is 2.17. The van der Waals surface area contributed by atoms with E-state index in [9.17, 15) is 14.4 Å². The van der Waals surface area contributed by atoms with Crippen molar-refractivity contribution < 1.29 is 28.6 Å². The van der Waals surface area contributed by atoms with Crippen molar-refractivity contribution in [3.8, 4) is 0 Å². The third-order valence-corrected chi connectivity index (χ3v) is 14.9. The molecule has 0 aromatic heterocycles. The first kappa shape index (κ1) is 75.6. The van der Waals surface area contributed by atoms with E-state index < -0.39 is 6.10 Å². The molecule has 0 radical (unpaired) electrons. The molecule has 0 aliphatic carbocycles. The van der Waals surface area contributed by atoms with Gasteiger partial charge >= 0.3 is 17.9 Å². The lowest BCUT2D eigenvalue weighted by atomic mass is 10.0. The number of hydrogen-bond acceptors (Lipinski definition) is 6. The zero-order valence-corrected chi connectivity index (χ0v) is 52.4. The number of ether oxygens (including phenoxy) is 3. The van der Waals surface area contributed by atoms with Gasteiger partial charge in [0.1, 0.15) is 13.2 Å². The molecule has 0 aromatic rings. The third kappa shape index (κ3) is 65.3. The predicted molar refractivity (Wildman–Crippen MR) is 344 cm³/mol. The number of rotatable bonds is 62. The van der Waals surface area contributed by atoms with Crippen LogP contribution in [0.1, 0.15) is 342 Å². The van der Waals surface area contributed by atoms with Crippen LogP contribution >= 0.6 is 0 Å². The Morgan fingerprint density at radius 2 is 0.494 bits per heavy atom. The fraction of sp³-hybridized carbons (Fsp3) is 0.767. The fourth-order valence-electron chi connectivity index (χ4n) is 9.80. The van der Waals surface area contributed by atoms with Crippen LogP contribution in [0, 0.1) is 0 Å². The predicted octanol–water partition coefficient (Wildman–Crippen LogP) is 23.4. The van der Waals surface area contributed by atoms with Gasteiger partial charge in [-0.15, -0.1) is 0 Å². The van der Waals surface area contributed by atoms with Gasteiger partial charge in [-0.3, -0.25) is 14.4 Å². The highest BCUT2D eigenvalue weighted by atomic mass is 16.6. The molecule has 6 nitrogen and oxygen atoms in total. The minimum atomic E-state index is -0.778. The van der Waals surface area contributed by atoms with Crippen molar-refractivity contribution in [3.63, 3.8) is 0 Å². The highest BCUT2D eigenvalue weighted by molar-refractivity contribution is 5.71. The van der Waals surface area contributed by atoms with Crippen LogP contribution in [0.3, 0.4) is 0 Å². The Kier molecular flexibility index (Phi) is 64.2. The molecule has 0 saturated heterocycles. The zero-order chi connectivity index (χ0) is 57.1. The number of esters is 3. The van der Waals surface area contributed by atoms with Crippen molar-refractivity contribution in [2.45, 2.75) is 348 Å². The summed E-state index contributed by atoms with van der Waals surface area (Å²) in [7, 11) is 0. The molecule has 0 N–H and O–H groups in total. The van der Waals surface area contributed by atoms with E-state index in [0.717, 1.165) is 103 Å². The van der Waals surface area contributed by atoms with E-state index in [1.54, 1.807) is 0 Å². The second-order valence-corrected chi connectivity index (χ2v) is 22.7. The Hall–Kier alpha value is -3.41. The van der Waals surface area contributed by atoms with Gasteiger partial charge in [-0.2, -0.15) is 0 Å². The van der Waals surface area contributed by atoms with Crippen molar-refractivity contribution in [1.82, 2.24) is 0 Å². The standard InChI is InChI=1S/C73H128O6/c1-4-7-10-13-16-19-21-23-25-27-29-31-33-34-35-36-37-38-40-41-43-45-47-49-51-54-57-60-63-66-72(75)78-69-70(68-77-71(74)65-62-59-56-53-18-15-12-9-6-3)79-73(76)67-64-61-58-55-52-50-48-46-44-42-39-32-30-28-26-24-22-20-17-14-11-8-5-2/h7,10,16,19,22-25,28-31,39,42,70H,4-6,8-9,11-15,17-18,20-21,26-27,32-38,40-41,43-69H2,1-3H3/b10-7-,19-16-,24-22-,25-23-,30-28-,31-29-,42-39-. The molecule has 0 amide bonds. The molecule has 0 aliphatic rings. The Bertz CT molecular complexity index is 1500. The summed E-state index contributed by atoms with van der Waals surface area (Å²) in [4.78, 5) is 38.3. The van der Waals surface area contributed by atoms with Gasteiger partial charge < -0.3 is 14.2 Å². The maximum absolute atomic E-state index is 12.9. The van der Waals surface area contributed by atoms with Crippen molar-refractivity contribution in [3.05, 3.63) is 85.1 Å². The van der Waals surface area contributed by atoms with E-state index in [4.69, 9.17) is 14.2 Å². The fourth-order valence-corrected chi connectivity index (χ4v) is 9.80. The van der Waals surface area contributed by atoms with Crippen LogP contribution in [0.4, 0.5) is 0 Å². The Balaban J connectivity index is 4.16. The second-order valence-electron chi connectivity index (χ2n) is 22.7. The number of carbonyl (C=O) groups is 3. The lowest BCUT2D eigenvalue weighted by Gasteiger charge is -2.18. The van der Waals surface area contributed by atoms with Gasteiger partial charge in [-0.25, -0.2) is 0 Å². The van der Waals surface area contributed by atoms with E-state index in [-0.39, 0.29) is 31.1 Å². The van der Waals surface area contributed by atoms with Gasteiger partial charge in [0.25, 0.3) is 0 Å². The van der Waals surface area contributed by atoms with Crippen LogP contribution in [-0.2, 0) is 28.6 Å². The van der Waals surface area contributed by atoms with E-state index in [1.807, 2.05) is 0 Å². The van der Waals surface area contributed by atoms with Gasteiger partial charge in [-0.1, -0.05) is 311 Å². The van der Waals surface area contributed by atoms with Crippen molar-refractivity contribution >= 4 is 17.9 Å². The maximum Gasteiger partial charge on any atom is 0.306 e. The molecule has 6 heteroatoms. The minimum absolute atomic E-state index is 0.0754. The van der Waals surface area contributed by atoms with Crippen molar-refractivity contribution in [1.29, 1.82) is 0 Å². The number of allylic oxidation sites excluding steroid dienone is 14. The number of unbranched alkanes of at least 4 members (excludes halogenated alkanes) is 37. The summed E-state index contributed by atoms with van der Waals surface area (Å²) in [6.07, 6.45) is 89.0. The molecule has 0 aliphatic heterocycles. The molecule has 0 aromatic carbocycles. The average Bonchev–Trinajstić information content (AvgIpc) is 3.45. The van der Waals surface area contributed by atoms with Gasteiger partial charge in [0, 0.05) is 19.3 Å². The first-order chi connectivity index (χ1) is 39.0. The number of carbonyl (C=O) groups excluding carboxylic acids is 3. The average molecular weight is 1100 g/mol. The summed E-state index contributed by atoms with van der Waals surface area (Å²) in [6, 6.07) is 0. The first-order valence-electron chi connectivity index (χ1n) is 34.1. The first-order valence-corrected chi connectivity index (χ1v) is 34.1. The van der Waals surface area contributed by atoms with Crippen LogP contribution in [0.5, 0.6) is 0 Å². The van der Waals surface area contributed by atoms with Crippen LogP contribution in [0.15, 0.2) is 85.1 Å². The van der Waals surface area contributed by atoms with Gasteiger partial charge in [0.15, 0.2) is 6.10 Å². The molecule has 79 heavy (non-hydrogen) atoms. The van der Waals surface area contributed by atoms with Crippen molar-refractivity contribution in [2.24, 2.45) is 0 Å². The maximum atomic E-state index is 12.9. The molecule has 1 atom stereocenters. The van der Waals surface area contributed by atoms with E-state index in [1.165, 1.54) is 199 Å². The van der Waals surface area contributed by atoms with Gasteiger partial charge in [0.05, 0.1) is 0 Å². The highest BCUT2D eigenvalue weighted by Gasteiger charge is 2.19. The Labute approximate surface area is 490 Å². The van der Waals surface area contributed by atoms with Crippen LogP contribution in [0.25, 0.3) is 0 Å². The molecule has 0 bridgehead atoms. The largest absolute Gasteiger partial charge is 0.462 e. The minimum Gasteiger partial charge on any atom is -0.462 e. The summed E-state index contributed by atoms with van der Waals surface area (Å²) in [5.74, 6) is -0.870. The van der Waals surface area contributed by atoms with E-state index >= 15 is 0 Å². The molecule has 1 unspecified atom stereocenters. The van der Waals surface area contributed by atoms with Gasteiger partial charge in [0.2, 0.25) is 0 Å². The summed E-state index contributed by atoms with van der Waals surface area (Å²) in [6.45, 7) is 6.53. The molecular formula is C73H128O6. The lowest BCUT2D eigenvalue weighted by molar-refractivity contribution is -0.167. The molecule has 0 spiro atoms. The summed E-state index contributed by atoms with van der Waals surface area (Å²) in [5, 5.41) is 0. The Morgan fingerprint density at radius 3 is 0.772 bits per heavy atom. The second kappa shape index (κ2) is 67.1. The van der Waals surface area contributed by atoms with Crippen molar-refractivity contribution in [2.75, 3.05) is 13.2 Å². The Morgan fingerprint density at radius 1 is 0.266 bits per heavy atom. The van der Waals surface area contributed by atoms with E-state index in [2.05, 4.69) is 106 Å². The summed E-state index contributed by atoms with van der Waals surface area (Å²) >= 11 is 0. The topological polar surface area (TPSA) is 78.9 Å². The molecular weight excluding hydrogens is 973 g/mol. The number of hydrogen-bond donors (Lipinski definition) is 0. The molecule has 0 heterocycles. The van der Waals surface area contributed by atoms with Crippen LogP contribution in [0.2, 0.25) is 0 Å². The quantitative estimate of drug-likeness (QED) is 0.0261. The molecule has 456 valence electrons. The molecule has 0 saturated carbocycles. The summed E-state index contributed by atoms with van der Waals surface area (Å²) in [5.41, 5.74) is 0. The molecule has 0 fully saturated rings. The van der Waals surface area contributed by atoms with Crippen LogP contribution in [-0.4, -0.2) is 37.2 Å². The van der Waals surface area contributed by atoms with E-state index in [0.29, 0.717) is 19.3 Å². The third-order valence-electron chi connectivity index (χ3n) is 14.9. The van der Waals surface area contributed by atoms with Gasteiger partial charge in [-0.05, 0) is 96.3 Å². The van der Waals surface area contributed by atoms with Crippen LogP contribution < -0.4 is 0 Å². The zero-order valence-electron chi connectivity index (χ0n) is 52.4. The molecule has 0 rings (SSSR count).